The Balaban J connectivity index is 2.60. The summed E-state index contributed by atoms with van der Waals surface area (Å²) in [6.45, 7) is 4.81. The second kappa shape index (κ2) is 4.03. The van der Waals surface area contributed by atoms with E-state index in [1.165, 1.54) is 0 Å². The van der Waals surface area contributed by atoms with Crippen molar-refractivity contribution in [3.8, 4) is 5.75 Å². The van der Waals surface area contributed by atoms with Crippen molar-refractivity contribution >= 4 is 21.6 Å². The zero-order valence-corrected chi connectivity index (χ0v) is 10.6. The molecule has 0 aliphatic carbocycles. The Labute approximate surface area is 99.3 Å². The molecule has 0 aliphatic rings. The van der Waals surface area contributed by atoms with E-state index in [2.05, 4.69) is 24.9 Å². The minimum Gasteiger partial charge on any atom is -0.494 e. The SMILES string of the molecule is COc1cccc2sc(C(C)(C)CN)nc12. The van der Waals surface area contributed by atoms with Crippen LogP contribution < -0.4 is 10.5 Å². The molecule has 2 rings (SSSR count). The fraction of sp³-hybridized carbons (Fsp3) is 0.417. The summed E-state index contributed by atoms with van der Waals surface area (Å²) in [7, 11) is 1.67. The maximum atomic E-state index is 5.77. The lowest BCUT2D eigenvalue weighted by atomic mass is 9.95. The van der Waals surface area contributed by atoms with Crippen LogP contribution in [0.15, 0.2) is 18.2 Å². The van der Waals surface area contributed by atoms with Crippen LogP contribution in [0.5, 0.6) is 5.75 Å². The molecule has 0 saturated carbocycles. The lowest BCUT2D eigenvalue weighted by Crippen LogP contribution is -2.27. The van der Waals surface area contributed by atoms with Crippen LogP contribution in [-0.4, -0.2) is 18.6 Å². The molecule has 1 aromatic carbocycles. The number of nitrogens with zero attached hydrogens (tertiary/aromatic N) is 1. The summed E-state index contributed by atoms with van der Waals surface area (Å²) in [4.78, 5) is 4.64. The van der Waals surface area contributed by atoms with E-state index in [4.69, 9.17) is 10.5 Å². The Hall–Kier alpha value is -1.13. The highest BCUT2D eigenvalue weighted by molar-refractivity contribution is 7.18. The molecule has 16 heavy (non-hydrogen) atoms. The molecule has 0 spiro atoms. The summed E-state index contributed by atoms with van der Waals surface area (Å²) in [5.41, 5.74) is 6.63. The molecule has 86 valence electrons. The third-order valence-electron chi connectivity index (χ3n) is 2.69. The average Bonchev–Trinajstić information content (AvgIpc) is 2.73. The molecular formula is C12H16N2OS. The Morgan fingerprint density at radius 2 is 2.19 bits per heavy atom. The highest BCUT2D eigenvalue weighted by Gasteiger charge is 2.23. The van der Waals surface area contributed by atoms with Crippen molar-refractivity contribution in [2.24, 2.45) is 5.73 Å². The van der Waals surface area contributed by atoms with Crippen molar-refractivity contribution in [3.63, 3.8) is 0 Å². The molecule has 1 aromatic heterocycles. The van der Waals surface area contributed by atoms with E-state index in [1.807, 2.05) is 12.1 Å². The number of hydrogen-bond donors (Lipinski definition) is 1. The highest BCUT2D eigenvalue weighted by atomic mass is 32.1. The summed E-state index contributed by atoms with van der Waals surface area (Å²) in [6.07, 6.45) is 0. The van der Waals surface area contributed by atoms with Crippen molar-refractivity contribution in [1.29, 1.82) is 0 Å². The van der Waals surface area contributed by atoms with Crippen LogP contribution in [0.25, 0.3) is 10.2 Å². The average molecular weight is 236 g/mol. The fourth-order valence-corrected chi connectivity index (χ4v) is 2.56. The molecule has 0 fully saturated rings. The Kier molecular flexibility index (Phi) is 2.86. The first-order valence-corrected chi connectivity index (χ1v) is 6.04. The van der Waals surface area contributed by atoms with E-state index in [-0.39, 0.29) is 5.41 Å². The summed E-state index contributed by atoms with van der Waals surface area (Å²) >= 11 is 1.69. The van der Waals surface area contributed by atoms with Gasteiger partial charge in [-0.3, -0.25) is 0 Å². The molecule has 0 aliphatic heterocycles. The Bertz CT molecular complexity index is 505. The van der Waals surface area contributed by atoms with Crippen molar-refractivity contribution in [3.05, 3.63) is 23.2 Å². The number of aromatic nitrogens is 1. The summed E-state index contributed by atoms with van der Waals surface area (Å²) in [5, 5.41) is 1.06. The van der Waals surface area contributed by atoms with Gasteiger partial charge in [0.15, 0.2) is 0 Å². The van der Waals surface area contributed by atoms with Crippen molar-refractivity contribution < 1.29 is 4.74 Å². The molecule has 4 heteroatoms. The maximum Gasteiger partial charge on any atom is 0.145 e. The number of benzene rings is 1. The molecule has 0 amide bonds. The highest BCUT2D eigenvalue weighted by Crippen LogP contribution is 2.34. The zero-order chi connectivity index (χ0) is 11.8. The van der Waals surface area contributed by atoms with Crippen LogP contribution in [0.4, 0.5) is 0 Å². The first kappa shape index (κ1) is 11.4. The van der Waals surface area contributed by atoms with Gasteiger partial charge in [-0.05, 0) is 12.1 Å². The predicted octanol–water partition coefficient (Wildman–Crippen LogP) is 2.54. The smallest absolute Gasteiger partial charge is 0.145 e. The Morgan fingerprint density at radius 3 is 2.81 bits per heavy atom. The van der Waals surface area contributed by atoms with Gasteiger partial charge in [0.1, 0.15) is 16.3 Å². The quantitative estimate of drug-likeness (QED) is 0.891. The standard InChI is InChI=1S/C12H16N2OS/c1-12(2,7-13)11-14-10-8(15-3)5-4-6-9(10)16-11/h4-6H,7,13H2,1-3H3. The number of nitrogens with two attached hydrogens (primary N) is 1. The number of hydrogen-bond acceptors (Lipinski definition) is 4. The van der Waals surface area contributed by atoms with E-state index in [0.717, 1.165) is 21.0 Å². The molecule has 0 unspecified atom stereocenters. The zero-order valence-electron chi connectivity index (χ0n) is 9.78. The first-order valence-electron chi connectivity index (χ1n) is 5.22. The number of rotatable bonds is 3. The van der Waals surface area contributed by atoms with Crippen LogP contribution in [0.3, 0.4) is 0 Å². The number of ether oxygens (including phenoxy) is 1. The van der Waals surface area contributed by atoms with Gasteiger partial charge in [0, 0.05) is 12.0 Å². The van der Waals surface area contributed by atoms with Gasteiger partial charge in [-0.2, -0.15) is 0 Å². The van der Waals surface area contributed by atoms with Gasteiger partial charge in [-0.25, -0.2) is 4.98 Å². The first-order chi connectivity index (χ1) is 7.58. The Morgan fingerprint density at radius 1 is 1.44 bits per heavy atom. The number of thiazole rings is 1. The molecule has 0 saturated heterocycles. The largest absolute Gasteiger partial charge is 0.494 e. The van der Waals surface area contributed by atoms with E-state index >= 15 is 0 Å². The molecule has 2 aromatic rings. The second-order valence-corrected chi connectivity index (χ2v) is 5.44. The minimum atomic E-state index is -0.0747. The normalized spacial score (nSPS) is 12.0. The van der Waals surface area contributed by atoms with Crippen molar-refractivity contribution in [1.82, 2.24) is 4.98 Å². The maximum absolute atomic E-state index is 5.77. The third-order valence-corrected chi connectivity index (χ3v) is 4.08. The number of methoxy groups -OCH3 is 1. The number of fused-ring (bicyclic) bond motifs is 1. The number of para-hydroxylation sites is 1. The molecular weight excluding hydrogens is 220 g/mol. The van der Waals surface area contributed by atoms with E-state index < -0.39 is 0 Å². The molecule has 2 N–H and O–H groups in total. The molecule has 1 heterocycles. The van der Waals surface area contributed by atoms with Gasteiger partial charge < -0.3 is 10.5 Å². The third kappa shape index (κ3) is 1.79. The lowest BCUT2D eigenvalue weighted by molar-refractivity contribution is 0.418. The molecule has 0 atom stereocenters. The van der Waals surface area contributed by atoms with Crippen LogP contribution in [-0.2, 0) is 5.41 Å². The summed E-state index contributed by atoms with van der Waals surface area (Å²) in [6, 6.07) is 5.98. The summed E-state index contributed by atoms with van der Waals surface area (Å²) < 4.78 is 6.45. The molecule has 3 nitrogen and oxygen atoms in total. The van der Waals surface area contributed by atoms with Crippen LogP contribution in [0.2, 0.25) is 0 Å². The monoisotopic (exact) mass is 236 g/mol. The van der Waals surface area contributed by atoms with Gasteiger partial charge in [0.2, 0.25) is 0 Å². The fourth-order valence-electron chi connectivity index (χ4n) is 1.46. The van der Waals surface area contributed by atoms with Crippen molar-refractivity contribution in [2.75, 3.05) is 13.7 Å². The topological polar surface area (TPSA) is 48.1 Å². The van der Waals surface area contributed by atoms with Crippen LogP contribution in [0, 0.1) is 0 Å². The van der Waals surface area contributed by atoms with Gasteiger partial charge in [0.05, 0.1) is 11.8 Å². The van der Waals surface area contributed by atoms with Gasteiger partial charge in [-0.15, -0.1) is 11.3 Å². The van der Waals surface area contributed by atoms with Crippen molar-refractivity contribution in [2.45, 2.75) is 19.3 Å². The van der Waals surface area contributed by atoms with E-state index in [9.17, 15) is 0 Å². The van der Waals surface area contributed by atoms with E-state index in [0.29, 0.717) is 6.54 Å². The predicted molar refractivity (Wildman–Crippen MR) is 68.3 cm³/mol. The van der Waals surface area contributed by atoms with Crippen LogP contribution in [0.1, 0.15) is 18.9 Å². The molecule has 0 radical (unpaired) electrons. The second-order valence-electron chi connectivity index (χ2n) is 4.41. The summed E-state index contributed by atoms with van der Waals surface area (Å²) in [5.74, 6) is 0.827. The van der Waals surface area contributed by atoms with Gasteiger partial charge >= 0.3 is 0 Å². The lowest BCUT2D eigenvalue weighted by Gasteiger charge is -2.18. The van der Waals surface area contributed by atoms with E-state index in [1.54, 1.807) is 18.4 Å². The molecule has 0 bridgehead atoms. The minimum absolute atomic E-state index is 0.0747. The van der Waals surface area contributed by atoms with Gasteiger partial charge in [-0.1, -0.05) is 19.9 Å². The van der Waals surface area contributed by atoms with Gasteiger partial charge in [0.25, 0.3) is 0 Å². The van der Waals surface area contributed by atoms with Crippen LogP contribution >= 0.6 is 11.3 Å².